The predicted molar refractivity (Wildman–Crippen MR) is 122 cm³/mol. The van der Waals surface area contributed by atoms with E-state index in [9.17, 15) is 14.4 Å². The van der Waals surface area contributed by atoms with Crippen LogP contribution in [0.1, 0.15) is 59.1 Å². The number of ether oxygens (including phenoxy) is 2. The van der Waals surface area contributed by atoms with Crippen molar-refractivity contribution in [2.24, 2.45) is 0 Å². The Hall–Kier alpha value is -3.82. The van der Waals surface area contributed by atoms with E-state index in [0.29, 0.717) is 5.69 Å². The Morgan fingerprint density at radius 3 is 1.94 bits per heavy atom. The molecule has 10 heteroatoms. The molecule has 174 valence electrons. The first-order chi connectivity index (χ1) is 15.3. The highest BCUT2D eigenvalue weighted by molar-refractivity contribution is 6.13. The summed E-state index contributed by atoms with van der Waals surface area (Å²) in [6, 6.07) is 8.88. The van der Waals surface area contributed by atoms with Gasteiger partial charge in [-0.25, -0.2) is 24.2 Å². The molecule has 0 aliphatic heterocycles. The summed E-state index contributed by atoms with van der Waals surface area (Å²) in [5, 5.41) is 4.49. The van der Waals surface area contributed by atoms with Crippen LogP contribution in [-0.4, -0.2) is 48.9 Å². The first-order valence-electron chi connectivity index (χ1n) is 10.3. The van der Waals surface area contributed by atoms with Crippen LogP contribution in [0.2, 0.25) is 0 Å². The Balaban J connectivity index is 2.33. The summed E-state index contributed by atoms with van der Waals surface area (Å²) in [4.78, 5) is 47.6. The smallest absolute Gasteiger partial charge is 0.425 e. The minimum absolute atomic E-state index is 0.0235. The number of carbonyl (C=O) groups is 3. The number of aromatic nitrogens is 4. The third-order valence-electron chi connectivity index (χ3n) is 4.07. The molecule has 2 amide bonds. The van der Waals surface area contributed by atoms with Gasteiger partial charge in [-0.05, 0) is 53.7 Å². The molecule has 0 N–H and O–H groups in total. The molecule has 3 rings (SSSR count). The molecule has 1 aromatic carbocycles. The van der Waals surface area contributed by atoms with Crippen molar-refractivity contribution in [3.8, 4) is 5.69 Å². The lowest BCUT2D eigenvalue weighted by Gasteiger charge is -2.28. The number of para-hydroxylation sites is 1. The topological polar surface area (TPSA) is 117 Å². The number of benzene rings is 1. The van der Waals surface area contributed by atoms with Crippen LogP contribution in [0.25, 0.3) is 16.7 Å². The van der Waals surface area contributed by atoms with Gasteiger partial charge in [-0.2, -0.15) is 10.00 Å². The molecule has 33 heavy (non-hydrogen) atoms. The Kier molecular flexibility index (Phi) is 6.22. The van der Waals surface area contributed by atoms with Crippen LogP contribution in [0, 0.1) is 0 Å². The van der Waals surface area contributed by atoms with Crippen molar-refractivity contribution in [3.63, 3.8) is 0 Å². The van der Waals surface area contributed by atoms with Gasteiger partial charge in [0.05, 0.1) is 11.9 Å². The molecule has 0 saturated heterocycles. The number of imide groups is 1. The molecule has 0 atom stereocenters. The first-order valence-corrected chi connectivity index (χ1v) is 10.3. The number of hydrogen-bond donors (Lipinski definition) is 0. The van der Waals surface area contributed by atoms with E-state index in [1.807, 2.05) is 6.07 Å². The second-order valence-corrected chi connectivity index (χ2v) is 9.35. The highest BCUT2D eigenvalue weighted by atomic mass is 16.6. The fourth-order valence-electron chi connectivity index (χ4n) is 2.85. The van der Waals surface area contributed by atoms with Crippen molar-refractivity contribution in [1.29, 1.82) is 0 Å². The van der Waals surface area contributed by atoms with E-state index in [0.717, 1.165) is 4.90 Å². The summed E-state index contributed by atoms with van der Waals surface area (Å²) >= 11 is 0. The lowest BCUT2D eigenvalue weighted by atomic mass is 10.2. The van der Waals surface area contributed by atoms with E-state index < -0.39 is 23.4 Å². The van der Waals surface area contributed by atoms with Crippen molar-refractivity contribution in [3.05, 3.63) is 42.4 Å². The van der Waals surface area contributed by atoms with Gasteiger partial charge >= 0.3 is 12.2 Å². The second kappa shape index (κ2) is 8.61. The van der Waals surface area contributed by atoms with Crippen LogP contribution in [0.5, 0.6) is 0 Å². The summed E-state index contributed by atoms with van der Waals surface area (Å²) in [5.41, 5.74) is -0.854. The van der Waals surface area contributed by atoms with Crippen molar-refractivity contribution >= 4 is 34.8 Å². The maximum Gasteiger partial charge on any atom is 0.425 e. The van der Waals surface area contributed by atoms with Crippen molar-refractivity contribution in [2.75, 3.05) is 4.90 Å². The molecule has 2 heterocycles. The zero-order chi connectivity index (χ0) is 24.6. The summed E-state index contributed by atoms with van der Waals surface area (Å²) in [6.45, 7) is 11.4. The van der Waals surface area contributed by atoms with Crippen molar-refractivity contribution < 1.29 is 23.9 Å². The zero-order valence-corrected chi connectivity index (χ0v) is 19.7. The molecule has 3 aromatic rings. The number of Topliss-reactive ketones (excluding diaryl/α,β-unsaturated/α-hetero) is 1. The third kappa shape index (κ3) is 5.51. The summed E-state index contributed by atoms with van der Waals surface area (Å²) in [7, 11) is 0. The van der Waals surface area contributed by atoms with Gasteiger partial charge in [-0.15, -0.1) is 0 Å². The van der Waals surface area contributed by atoms with Gasteiger partial charge in [0.25, 0.3) is 0 Å². The largest absolute Gasteiger partial charge is 0.443 e. The molecule has 0 unspecified atom stereocenters. The van der Waals surface area contributed by atoms with Gasteiger partial charge < -0.3 is 9.47 Å². The van der Waals surface area contributed by atoms with E-state index in [1.54, 1.807) is 65.8 Å². The van der Waals surface area contributed by atoms with E-state index in [1.165, 1.54) is 17.8 Å². The number of carbonyl (C=O) groups excluding carboxylic acids is 3. The molecule has 0 radical (unpaired) electrons. The zero-order valence-electron chi connectivity index (χ0n) is 19.7. The average Bonchev–Trinajstić information content (AvgIpc) is 3.04. The molecule has 0 saturated carbocycles. The maximum absolute atomic E-state index is 13.3. The fraction of sp³-hybridized carbons (Fsp3) is 0.391. The fourth-order valence-corrected chi connectivity index (χ4v) is 2.85. The number of amides is 2. The lowest BCUT2D eigenvalue weighted by Crippen LogP contribution is -2.44. The quantitative estimate of drug-likeness (QED) is 0.524. The number of ketones is 1. The van der Waals surface area contributed by atoms with Crippen LogP contribution < -0.4 is 4.90 Å². The molecular formula is C23H27N5O5. The predicted octanol–water partition coefficient (Wildman–Crippen LogP) is 4.69. The van der Waals surface area contributed by atoms with Gasteiger partial charge in [-0.3, -0.25) is 4.79 Å². The number of anilines is 1. The minimum Gasteiger partial charge on any atom is -0.443 e. The molecule has 0 bridgehead atoms. The van der Waals surface area contributed by atoms with E-state index in [4.69, 9.17) is 9.47 Å². The Morgan fingerprint density at radius 2 is 1.45 bits per heavy atom. The van der Waals surface area contributed by atoms with E-state index >= 15 is 0 Å². The molecule has 0 fully saturated rings. The lowest BCUT2D eigenvalue weighted by molar-refractivity contribution is 0.0428. The standard InChI is InChI=1S/C23H27N5O5/c1-14(29)18-24-13-16-17(25-18)19(28(26-16)15-11-9-8-10-12-15)27(20(30)32-22(2,3)4)21(31)33-23(5,6)7/h8-13H,1-7H3. The third-order valence-corrected chi connectivity index (χ3v) is 4.07. The van der Waals surface area contributed by atoms with Gasteiger partial charge in [0.1, 0.15) is 22.2 Å². The molecule has 2 aromatic heterocycles. The summed E-state index contributed by atoms with van der Waals surface area (Å²) in [5.74, 6) is -0.481. The molecular weight excluding hydrogens is 426 g/mol. The van der Waals surface area contributed by atoms with Crippen LogP contribution in [0.3, 0.4) is 0 Å². The Labute approximate surface area is 191 Å². The van der Waals surface area contributed by atoms with Crippen LogP contribution in [0.15, 0.2) is 36.5 Å². The van der Waals surface area contributed by atoms with Gasteiger partial charge in [0.2, 0.25) is 0 Å². The minimum atomic E-state index is -0.973. The highest BCUT2D eigenvalue weighted by Gasteiger charge is 2.37. The Morgan fingerprint density at radius 1 is 0.909 bits per heavy atom. The number of rotatable bonds is 3. The monoisotopic (exact) mass is 453 g/mol. The number of fused-ring (bicyclic) bond motifs is 1. The molecule has 0 spiro atoms. The SMILES string of the molecule is CC(=O)c1ncc2nn(-c3ccccc3)c(N(C(=O)OC(C)(C)C)C(=O)OC(C)(C)C)c2n1. The number of nitrogens with zero attached hydrogens (tertiary/aromatic N) is 5. The van der Waals surface area contributed by atoms with E-state index in [-0.39, 0.29) is 28.5 Å². The average molecular weight is 453 g/mol. The van der Waals surface area contributed by atoms with Crippen molar-refractivity contribution in [1.82, 2.24) is 19.7 Å². The molecule has 0 aliphatic carbocycles. The van der Waals surface area contributed by atoms with Crippen LogP contribution in [-0.2, 0) is 9.47 Å². The van der Waals surface area contributed by atoms with Crippen molar-refractivity contribution in [2.45, 2.75) is 59.7 Å². The Bertz CT molecular complexity index is 1180. The van der Waals surface area contributed by atoms with Crippen LogP contribution >= 0.6 is 0 Å². The molecule has 10 nitrogen and oxygen atoms in total. The van der Waals surface area contributed by atoms with Gasteiger partial charge in [0, 0.05) is 6.92 Å². The van der Waals surface area contributed by atoms with Crippen LogP contribution in [0.4, 0.5) is 15.4 Å². The highest BCUT2D eigenvalue weighted by Crippen LogP contribution is 2.31. The second-order valence-electron chi connectivity index (χ2n) is 9.35. The summed E-state index contributed by atoms with van der Waals surface area (Å²) in [6.07, 6.45) is -0.581. The molecule has 0 aliphatic rings. The first kappa shape index (κ1) is 23.8. The summed E-state index contributed by atoms with van der Waals surface area (Å²) < 4.78 is 12.4. The van der Waals surface area contributed by atoms with Gasteiger partial charge in [-0.1, -0.05) is 18.2 Å². The van der Waals surface area contributed by atoms with E-state index in [2.05, 4.69) is 15.1 Å². The normalized spacial score (nSPS) is 11.8. The number of hydrogen-bond acceptors (Lipinski definition) is 8. The van der Waals surface area contributed by atoms with Gasteiger partial charge in [0.15, 0.2) is 17.4 Å². The maximum atomic E-state index is 13.3.